The Balaban J connectivity index is 1.48. The molecular weight excluding hydrogens is 444 g/mol. The first-order chi connectivity index (χ1) is 17.1. The summed E-state index contributed by atoms with van der Waals surface area (Å²) in [5.41, 5.74) is 2.89. The average Bonchev–Trinajstić information content (AvgIpc) is 3.21. The van der Waals surface area contributed by atoms with Crippen molar-refractivity contribution in [2.45, 2.75) is 31.8 Å². The van der Waals surface area contributed by atoms with Gasteiger partial charge in [-0.05, 0) is 55.3 Å². The SMILES string of the molecule is COc1cccc(/C=C2\Oc3c(ccc(O)c3CN3CCCC[C@H]3c3cccnc3)C2=O)c1OC. The Morgan fingerprint density at radius 2 is 2.03 bits per heavy atom. The molecule has 5 rings (SSSR count). The molecule has 0 spiro atoms. The van der Waals surface area contributed by atoms with E-state index < -0.39 is 0 Å². The van der Waals surface area contributed by atoms with Gasteiger partial charge in [-0.25, -0.2) is 0 Å². The normalized spacial score (nSPS) is 18.9. The van der Waals surface area contributed by atoms with Crippen LogP contribution in [0.4, 0.5) is 0 Å². The number of rotatable bonds is 6. The fraction of sp³-hybridized carbons (Fsp3) is 0.286. The van der Waals surface area contributed by atoms with Crippen molar-refractivity contribution >= 4 is 11.9 Å². The second kappa shape index (κ2) is 9.80. The Labute approximate surface area is 204 Å². The lowest BCUT2D eigenvalue weighted by Gasteiger charge is -2.36. The fourth-order valence-electron chi connectivity index (χ4n) is 4.95. The number of aromatic hydroxyl groups is 1. The molecule has 180 valence electrons. The summed E-state index contributed by atoms with van der Waals surface area (Å²) in [6, 6.07) is 12.9. The summed E-state index contributed by atoms with van der Waals surface area (Å²) in [5, 5.41) is 10.8. The first kappa shape index (κ1) is 22.9. The van der Waals surface area contributed by atoms with Crippen LogP contribution in [-0.4, -0.2) is 41.5 Å². The topological polar surface area (TPSA) is 81.1 Å². The number of phenolic OH excluding ortho intramolecular Hbond substituents is 1. The molecule has 1 N–H and O–H groups in total. The third-order valence-corrected chi connectivity index (χ3v) is 6.68. The molecule has 1 saturated heterocycles. The zero-order valence-electron chi connectivity index (χ0n) is 19.9. The number of likely N-dealkylation sites (tertiary alicyclic amines) is 1. The Morgan fingerprint density at radius 3 is 2.80 bits per heavy atom. The van der Waals surface area contributed by atoms with E-state index in [-0.39, 0.29) is 23.3 Å². The van der Waals surface area contributed by atoms with Crippen LogP contribution in [0.15, 0.2) is 60.6 Å². The van der Waals surface area contributed by atoms with Gasteiger partial charge in [0, 0.05) is 30.5 Å². The number of fused-ring (bicyclic) bond motifs is 1. The standard InChI is InChI=1S/C28H28N2O5/c1-33-24-10-5-7-18(27(24)34-2)15-25-26(32)20-11-12-23(31)21(28(20)35-25)17-30-14-4-3-9-22(30)19-8-6-13-29-16-19/h5-8,10-13,15-16,22,31H,3-4,9,14,17H2,1-2H3/b25-15-/t22-/m0/s1. The number of phenols is 1. The molecule has 2 aliphatic heterocycles. The van der Waals surface area contributed by atoms with Crippen LogP contribution in [0.5, 0.6) is 23.0 Å². The number of aromatic nitrogens is 1. The van der Waals surface area contributed by atoms with Crippen molar-refractivity contribution < 1.29 is 24.1 Å². The number of hydrogen-bond acceptors (Lipinski definition) is 7. The number of nitrogens with zero attached hydrogens (tertiary/aromatic N) is 2. The van der Waals surface area contributed by atoms with Gasteiger partial charge in [0.1, 0.15) is 11.5 Å². The second-order valence-electron chi connectivity index (χ2n) is 8.73. The number of benzene rings is 2. The predicted octanol–water partition coefficient (Wildman–Crippen LogP) is 5.15. The maximum absolute atomic E-state index is 13.2. The first-order valence-corrected chi connectivity index (χ1v) is 11.7. The van der Waals surface area contributed by atoms with E-state index in [0.717, 1.165) is 31.4 Å². The monoisotopic (exact) mass is 472 g/mol. The minimum absolute atomic E-state index is 0.118. The van der Waals surface area contributed by atoms with E-state index in [9.17, 15) is 9.90 Å². The molecule has 0 amide bonds. The van der Waals surface area contributed by atoms with Gasteiger partial charge in [0.05, 0.1) is 25.3 Å². The number of ketones is 1. The molecular formula is C28H28N2O5. The van der Waals surface area contributed by atoms with Crippen molar-refractivity contribution in [1.82, 2.24) is 9.88 Å². The number of carbonyl (C=O) groups is 1. The minimum Gasteiger partial charge on any atom is -0.507 e. The first-order valence-electron chi connectivity index (χ1n) is 11.7. The zero-order valence-corrected chi connectivity index (χ0v) is 19.9. The van der Waals surface area contributed by atoms with Crippen molar-refractivity contribution in [2.24, 2.45) is 0 Å². The molecule has 0 unspecified atom stereocenters. The van der Waals surface area contributed by atoms with Gasteiger partial charge >= 0.3 is 0 Å². The van der Waals surface area contributed by atoms with Crippen LogP contribution in [0, 0.1) is 0 Å². The molecule has 1 fully saturated rings. The Hall–Kier alpha value is -3.84. The number of methoxy groups -OCH3 is 2. The van der Waals surface area contributed by atoms with E-state index in [2.05, 4.69) is 16.0 Å². The van der Waals surface area contributed by atoms with E-state index >= 15 is 0 Å². The second-order valence-corrected chi connectivity index (χ2v) is 8.73. The average molecular weight is 473 g/mol. The van der Waals surface area contributed by atoms with E-state index in [1.807, 2.05) is 24.4 Å². The molecule has 1 aromatic heterocycles. The van der Waals surface area contributed by atoms with Crippen molar-refractivity contribution in [1.29, 1.82) is 0 Å². The van der Waals surface area contributed by atoms with Gasteiger partial charge in [-0.1, -0.05) is 24.6 Å². The molecule has 35 heavy (non-hydrogen) atoms. The van der Waals surface area contributed by atoms with Gasteiger partial charge in [0.2, 0.25) is 5.78 Å². The third-order valence-electron chi connectivity index (χ3n) is 6.68. The third kappa shape index (κ3) is 4.35. The molecule has 0 bridgehead atoms. The fourth-order valence-corrected chi connectivity index (χ4v) is 4.95. The minimum atomic E-state index is -0.228. The van der Waals surface area contributed by atoms with Crippen LogP contribution in [0.2, 0.25) is 0 Å². The maximum atomic E-state index is 13.2. The highest BCUT2D eigenvalue weighted by Crippen LogP contribution is 2.43. The number of hydrogen-bond donors (Lipinski definition) is 1. The summed E-state index contributed by atoms with van der Waals surface area (Å²) in [7, 11) is 3.12. The molecule has 7 nitrogen and oxygen atoms in total. The lowest BCUT2D eigenvalue weighted by atomic mass is 9.95. The molecule has 0 saturated carbocycles. The van der Waals surface area contributed by atoms with Gasteiger partial charge in [-0.3, -0.25) is 14.7 Å². The number of para-hydroxylation sites is 1. The van der Waals surface area contributed by atoms with Crippen molar-refractivity contribution in [3.63, 3.8) is 0 Å². The number of pyridine rings is 1. The van der Waals surface area contributed by atoms with Crippen LogP contribution >= 0.6 is 0 Å². The van der Waals surface area contributed by atoms with Crippen molar-refractivity contribution in [2.75, 3.05) is 20.8 Å². The molecule has 0 radical (unpaired) electrons. The van der Waals surface area contributed by atoms with Crippen LogP contribution in [-0.2, 0) is 6.54 Å². The van der Waals surface area contributed by atoms with Gasteiger partial charge in [0.25, 0.3) is 0 Å². The van der Waals surface area contributed by atoms with E-state index in [1.54, 1.807) is 44.7 Å². The summed E-state index contributed by atoms with van der Waals surface area (Å²) >= 11 is 0. The number of ether oxygens (including phenoxy) is 3. The smallest absolute Gasteiger partial charge is 0.231 e. The molecule has 0 aliphatic carbocycles. The number of allylic oxidation sites excluding steroid dienone is 1. The molecule has 7 heteroatoms. The largest absolute Gasteiger partial charge is 0.507 e. The molecule has 3 aromatic rings. The Morgan fingerprint density at radius 1 is 1.14 bits per heavy atom. The van der Waals surface area contributed by atoms with Crippen LogP contribution in [0.1, 0.15) is 52.4 Å². The summed E-state index contributed by atoms with van der Waals surface area (Å²) in [6.45, 7) is 1.36. The lowest BCUT2D eigenvalue weighted by Crippen LogP contribution is -2.33. The van der Waals surface area contributed by atoms with Crippen molar-refractivity contribution in [3.8, 4) is 23.0 Å². The molecule has 3 heterocycles. The summed E-state index contributed by atoms with van der Waals surface area (Å²) < 4.78 is 17.0. The number of carbonyl (C=O) groups excluding carboxylic acids is 1. The van der Waals surface area contributed by atoms with E-state index in [1.165, 1.54) is 0 Å². The van der Waals surface area contributed by atoms with E-state index in [0.29, 0.717) is 40.5 Å². The summed E-state index contributed by atoms with van der Waals surface area (Å²) in [4.78, 5) is 19.8. The quantitative estimate of drug-likeness (QED) is 0.497. The maximum Gasteiger partial charge on any atom is 0.231 e. The van der Waals surface area contributed by atoms with Crippen LogP contribution in [0.3, 0.4) is 0 Å². The molecule has 1 atom stereocenters. The van der Waals surface area contributed by atoms with Crippen LogP contribution in [0.25, 0.3) is 6.08 Å². The Bertz CT molecular complexity index is 1270. The van der Waals surface area contributed by atoms with Gasteiger partial charge in [0.15, 0.2) is 17.3 Å². The molecule has 2 aliphatic rings. The van der Waals surface area contributed by atoms with Crippen molar-refractivity contribution in [3.05, 3.63) is 82.9 Å². The number of Topliss-reactive ketones (excluding diaryl/α,β-unsaturated/α-hetero) is 1. The Kier molecular flexibility index (Phi) is 6.42. The highest BCUT2D eigenvalue weighted by atomic mass is 16.5. The van der Waals surface area contributed by atoms with E-state index in [4.69, 9.17) is 14.2 Å². The predicted molar refractivity (Wildman–Crippen MR) is 132 cm³/mol. The van der Waals surface area contributed by atoms with Gasteiger partial charge in [-0.15, -0.1) is 0 Å². The highest BCUT2D eigenvalue weighted by Gasteiger charge is 2.33. The zero-order chi connectivity index (χ0) is 24.4. The number of piperidine rings is 1. The summed E-state index contributed by atoms with van der Waals surface area (Å²) in [5.74, 6) is 1.57. The summed E-state index contributed by atoms with van der Waals surface area (Å²) in [6.07, 6.45) is 8.57. The van der Waals surface area contributed by atoms with Gasteiger partial charge in [-0.2, -0.15) is 0 Å². The lowest BCUT2D eigenvalue weighted by molar-refractivity contribution is 0.101. The molecule has 2 aromatic carbocycles. The van der Waals surface area contributed by atoms with Crippen LogP contribution < -0.4 is 14.2 Å². The van der Waals surface area contributed by atoms with Gasteiger partial charge < -0.3 is 19.3 Å². The highest BCUT2D eigenvalue weighted by molar-refractivity contribution is 6.15.